The number of carboxylic acid groups (broad SMARTS) is 1. The number of aryl methyl sites for hydroxylation is 2. The summed E-state index contributed by atoms with van der Waals surface area (Å²) in [5.74, 6) is -1.02. The minimum Gasteiger partial charge on any atom is -0.480 e. The van der Waals surface area contributed by atoms with Gasteiger partial charge in [-0.25, -0.2) is 4.79 Å². The van der Waals surface area contributed by atoms with Gasteiger partial charge in [0.15, 0.2) is 0 Å². The number of likely N-dealkylation sites (tertiary alicyclic amines) is 1. The van der Waals surface area contributed by atoms with E-state index in [2.05, 4.69) is 10.2 Å². The molecule has 0 radical (unpaired) electrons. The van der Waals surface area contributed by atoms with Gasteiger partial charge in [-0.15, -0.1) is 0 Å². The van der Waals surface area contributed by atoms with E-state index < -0.39 is 12.0 Å². The van der Waals surface area contributed by atoms with Gasteiger partial charge in [0.1, 0.15) is 6.04 Å². The molecule has 0 spiro atoms. The van der Waals surface area contributed by atoms with E-state index >= 15 is 0 Å². The molecule has 2 rings (SSSR count). The van der Waals surface area contributed by atoms with Gasteiger partial charge in [-0.2, -0.15) is 5.10 Å². The molecule has 1 aromatic rings. The lowest BCUT2D eigenvalue weighted by atomic mass is 10.1. The normalized spacial score (nSPS) is 19.7. The van der Waals surface area contributed by atoms with Gasteiger partial charge in [0.05, 0.1) is 12.1 Å². The molecule has 0 aromatic carbocycles. The van der Waals surface area contributed by atoms with Gasteiger partial charge in [0.25, 0.3) is 0 Å². The third-order valence-corrected chi connectivity index (χ3v) is 3.97. The van der Waals surface area contributed by atoms with Crippen LogP contribution in [0.1, 0.15) is 42.6 Å². The number of H-pyrrole nitrogens is 1. The molecule has 0 saturated carbocycles. The molecule has 0 bridgehead atoms. The third-order valence-electron chi connectivity index (χ3n) is 3.97. The monoisotopic (exact) mass is 279 g/mol. The summed E-state index contributed by atoms with van der Waals surface area (Å²) in [5.41, 5.74) is 2.55. The topological polar surface area (TPSA) is 86.3 Å². The van der Waals surface area contributed by atoms with Crippen molar-refractivity contribution >= 4 is 11.9 Å². The maximum atomic E-state index is 12.5. The summed E-state index contributed by atoms with van der Waals surface area (Å²) < 4.78 is 0. The lowest BCUT2D eigenvalue weighted by Gasteiger charge is -2.27. The maximum absolute atomic E-state index is 12.5. The molecule has 1 aliphatic rings. The Kier molecular flexibility index (Phi) is 4.42. The lowest BCUT2D eigenvalue weighted by Crippen LogP contribution is -2.45. The quantitative estimate of drug-likeness (QED) is 0.876. The zero-order valence-corrected chi connectivity index (χ0v) is 12.0. The highest BCUT2D eigenvalue weighted by atomic mass is 16.4. The second-order valence-corrected chi connectivity index (χ2v) is 5.38. The predicted octanol–water partition coefficient (Wildman–Crippen LogP) is 1.42. The summed E-state index contributed by atoms with van der Waals surface area (Å²) in [6, 6.07) is -0.683. The zero-order chi connectivity index (χ0) is 14.7. The van der Waals surface area contributed by atoms with Crippen LogP contribution in [0.25, 0.3) is 0 Å². The fraction of sp³-hybridized carbons (Fsp3) is 0.643. The number of carbonyl (C=O) groups excluding carboxylic acids is 1. The fourth-order valence-corrected chi connectivity index (χ4v) is 2.75. The number of nitrogens with one attached hydrogen (secondary N) is 1. The van der Waals surface area contributed by atoms with E-state index in [1.165, 1.54) is 4.90 Å². The average Bonchev–Trinajstić information content (AvgIpc) is 2.64. The first-order valence-corrected chi connectivity index (χ1v) is 7.03. The van der Waals surface area contributed by atoms with Gasteiger partial charge in [0.2, 0.25) is 5.91 Å². The van der Waals surface area contributed by atoms with Crippen LogP contribution in [0, 0.1) is 13.8 Å². The van der Waals surface area contributed by atoms with Gasteiger partial charge in [0, 0.05) is 17.8 Å². The van der Waals surface area contributed by atoms with E-state index in [1.807, 2.05) is 13.8 Å². The largest absolute Gasteiger partial charge is 0.480 e. The van der Waals surface area contributed by atoms with Crippen molar-refractivity contribution in [2.45, 2.75) is 52.0 Å². The standard InChI is InChI=1S/C14H21N3O3/c1-9-11(10(2)16-15-9)8-13(18)17-7-5-3-4-6-12(17)14(19)20/h12H,3-8H2,1-2H3,(H,15,16)(H,19,20). The molecule has 1 unspecified atom stereocenters. The molecule has 20 heavy (non-hydrogen) atoms. The van der Waals surface area contributed by atoms with Gasteiger partial charge >= 0.3 is 5.97 Å². The number of nitrogens with zero attached hydrogens (tertiary/aromatic N) is 2. The summed E-state index contributed by atoms with van der Waals surface area (Å²) in [5, 5.41) is 16.2. The van der Waals surface area contributed by atoms with E-state index in [4.69, 9.17) is 0 Å². The summed E-state index contributed by atoms with van der Waals surface area (Å²) in [7, 11) is 0. The van der Waals surface area contributed by atoms with Gasteiger partial charge in [-0.3, -0.25) is 9.89 Å². The van der Waals surface area contributed by atoms with Crippen molar-refractivity contribution in [1.29, 1.82) is 0 Å². The second kappa shape index (κ2) is 6.07. The van der Waals surface area contributed by atoms with Crippen LogP contribution in [-0.2, 0) is 16.0 Å². The van der Waals surface area contributed by atoms with Crippen LogP contribution < -0.4 is 0 Å². The average molecular weight is 279 g/mol. The van der Waals surface area contributed by atoms with Crippen LogP contribution in [0.4, 0.5) is 0 Å². The lowest BCUT2D eigenvalue weighted by molar-refractivity contribution is -0.150. The van der Waals surface area contributed by atoms with Crippen LogP contribution in [-0.4, -0.2) is 44.7 Å². The summed E-state index contributed by atoms with van der Waals surface area (Å²) >= 11 is 0. The first kappa shape index (κ1) is 14.6. The summed E-state index contributed by atoms with van der Waals surface area (Å²) in [4.78, 5) is 25.3. The third kappa shape index (κ3) is 3.00. The van der Waals surface area contributed by atoms with Crippen molar-refractivity contribution in [2.75, 3.05) is 6.54 Å². The second-order valence-electron chi connectivity index (χ2n) is 5.38. The smallest absolute Gasteiger partial charge is 0.326 e. The molecule has 1 amide bonds. The Morgan fingerprint density at radius 2 is 2.10 bits per heavy atom. The van der Waals surface area contributed by atoms with Crippen molar-refractivity contribution in [3.63, 3.8) is 0 Å². The van der Waals surface area contributed by atoms with Crippen molar-refractivity contribution < 1.29 is 14.7 Å². The number of rotatable bonds is 3. The molecule has 1 saturated heterocycles. The number of aromatic nitrogens is 2. The molecule has 1 aromatic heterocycles. The molecule has 0 aliphatic carbocycles. The molecule has 6 nitrogen and oxygen atoms in total. The van der Waals surface area contributed by atoms with E-state index in [1.54, 1.807) is 0 Å². The van der Waals surface area contributed by atoms with Crippen LogP contribution in [0.5, 0.6) is 0 Å². The zero-order valence-electron chi connectivity index (χ0n) is 12.0. The highest BCUT2D eigenvalue weighted by Crippen LogP contribution is 2.19. The van der Waals surface area contributed by atoms with Crippen molar-refractivity contribution in [2.24, 2.45) is 0 Å². The minimum absolute atomic E-state index is 0.119. The summed E-state index contributed by atoms with van der Waals surface area (Å²) in [6.07, 6.45) is 3.49. The SMILES string of the molecule is Cc1n[nH]c(C)c1CC(=O)N1CCCCCC1C(=O)O. The highest BCUT2D eigenvalue weighted by Gasteiger charge is 2.31. The van der Waals surface area contributed by atoms with Crippen molar-refractivity contribution in [3.8, 4) is 0 Å². The molecule has 1 fully saturated rings. The Hall–Kier alpha value is -1.85. The Morgan fingerprint density at radius 1 is 1.35 bits per heavy atom. The summed E-state index contributed by atoms with van der Waals surface area (Å²) in [6.45, 7) is 4.26. The Balaban J connectivity index is 2.15. The number of aromatic amines is 1. The first-order valence-electron chi connectivity index (χ1n) is 7.03. The number of carboxylic acids is 1. The highest BCUT2D eigenvalue weighted by molar-refractivity contribution is 5.85. The van der Waals surface area contributed by atoms with Crippen molar-refractivity contribution in [3.05, 3.63) is 17.0 Å². The number of hydrogen-bond acceptors (Lipinski definition) is 3. The Morgan fingerprint density at radius 3 is 2.70 bits per heavy atom. The van der Waals surface area contributed by atoms with Gasteiger partial charge < -0.3 is 10.0 Å². The molecule has 110 valence electrons. The molecule has 2 heterocycles. The number of carbonyl (C=O) groups is 2. The number of hydrogen-bond donors (Lipinski definition) is 2. The van der Waals surface area contributed by atoms with E-state index in [0.29, 0.717) is 13.0 Å². The van der Waals surface area contributed by atoms with Crippen LogP contribution in [0.3, 0.4) is 0 Å². The van der Waals surface area contributed by atoms with E-state index in [0.717, 1.165) is 36.2 Å². The van der Waals surface area contributed by atoms with Gasteiger partial charge in [-0.05, 0) is 26.7 Å². The van der Waals surface area contributed by atoms with Crippen LogP contribution >= 0.6 is 0 Å². The maximum Gasteiger partial charge on any atom is 0.326 e. The van der Waals surface area contributed by atoms with E-state index in [-0.39, 0.29) is 12.3 Å². The Bertz CT molecular complexity index is 490. The van der Waals surface area contributed by atoms with Crippen LogP contribution in [0.15, 0.2) is 0 Å². The predicted molar refractivity (Wildman–Crippen MR) is 73.4 cm³/mol. The molecule has 1 aliphatic heterocycles. The van der Waals surface area contributed by atoms with Gasteiger partial charge in [-0.1, -0.05) is 12.8 Å². The fourth-order valence-electron chi connectivity index (χ4n) is 2.75. The molecule has 6 heteroatoms. The minimum atomic E-state index is -0.902. The first-order chi connectivity index (χ1) is 9.50. The van der Waals surface area contributed by atoms with Crippen molar-refractivity contribution in [1.82, 2.24) is 15.1 Å². The number of amides is 1. The number of aliphatic carboxylic acids is 1. The molecular formula is C14H21N3O3. The van der Waals surface area contributed by atoms with Crippen LogP contribution in [0.2, 0.25) is 0 Å². The molecule has 2 N–H and O–H groups in total. The Labute approximate surface area is 118 Å². The molecular weight excluding hydrogens is 258 g/mol. The molecule has 1 atom stereocenters. The van der Waals surface area contributed by atoms with E-state index in [9.17, 15) is 14.7 Å².